The average Bonchev–Trinajstić information content (AvgIpc) is 3.25. The van der Waals surface area contributed by atoms with Gasteiger partial charge in [-0.05, 0) is 42.2 Å². The molecule has 140 valence electrons. The Morgan fingerprint density at radius 3 is 2.67 bits per heavy atom. The molecule has 0 fully saturated rings. The minimum Gasteiger partial charge on any atom is -0.444 e. The van der Waals surface area contributed by atoms with Crippen LogP contribution in [0.3, 0.4) is 0 Å². The molecule has 0 aliphatic carbocycles. The number of unbranched alkanes of at least 4 members (excludes halogenated alkanes) is 2. The van der Waals surface area contributed by atoms with Crippen LogP contribution in [0.4, 0.5) is 0 Å². The first kappa shape index (κ1) is 19.9. The molecule has 1 aromatic carbocycles. The summed E-state index contributed by atoms with van der Waals surface area (Å²) in [6.45, 7) is 2.15. The lowest BCUT2D eigenvalue weighted by Gasteiger charge is -2.06. The van der Waals surface area contributed by atoms with Crippen LogP contribution >= 0.6 is 35.0 Å². The maximum absolute atomic E-state index is 6.23. The van der Waals surface area contributed by atoms with Gasteiger partial charge in [0.2, 0.25) is 0 Å². The monoisotopic (exact) mass is 419 g/mol. The van der Waals surface area contributed by atoms with Crippen molar-refractivity contribution < 1.29 is 4.42 Å². The van der Waals surface area contributed by atoms with Gasteiger partial charge in [0.05, 0.1) is 0 Å². The van der Waals surface area contributed by atoms with Crippen LogP contribution in [0.2, 0.25) is 10.0 Å². The van der Waals surface area contributed by atoms with Crippen LogP contribution in [0.5, 0.6) is 0 Å². The quantitative estimate of drug-likeness (QED) is 0.270. The maximum atomic E-state index is 6.23. The molecule has 3 rings (SSSR count). The molecule has 0 saturated carbocycles. The fourth-order valence-corrected chi connectivity index (χ4v) is 4.05. The van der Waals surface area contributed by atoms with Crippen LogP contribution in [-0.4, -0.2) is 14.8 Å². The van der Waals surface area contributed by atoms with Crippen molar-refractivity contribution in [2.45, 2.75) is 37.1 Å². The van der Waals surface area contributed by atoms with Gasteiger partial charge in [0.1, 0.15) is 0 Å². The molecule has 7 heteroatoms. The number of hydrogen-bond donors (Lipinski definition) is 0. The third-order valence-corrected chi connectivity index (χ3v) is 5.69. The van der Waals surface area contributed by atoms with Crippen molar-refractivity contribution in [3.8, 4) is 23.4 Å². The Morgan fingerprint density at radius 1 is 1.15 bits per heavy atom. The zero-order chi connectivity index (χ0) is 19.2. The Labute approximate surface area is 173 Å². The molecule has 0 bridgehead atoms. The normalized spacial score (nSPS) is 10.7. The van der Waals surface area contributed by atoms with E-state index >= 15 is 0 Å². The molecular weight excluding hydrogens is 401 g/mol. The molecule has 2 aromatic heterocycles. The zero-order valence-corrected chi connectivity index (χ0v) is 17.5. The van der Waals surface area contributed by atoms with E-state index in [0.29, 0.717) is 33.1 Å². The molecule has 3 aromatic rings. The minimum atomic E-state index is 0.608. The lowest BCUT2D eigenvalue weighted by Crippen LogP contribution is -1.94. The van der Waals surface area contributed by atoms with Gasteiger partial charge in [-0.25, -0.2) is 0 Å². The van der Waals surface area contributed by atoms with Gasteiger partial charge in [0.25, 0.3) is 0 Å². The molecule has 4 nitrogen and oxygen atoms in total. The summed E-state index contributed by atoms with van der Waals surface area (Å²) in [5.41, 5.74) is 0.887. The molecule has 0 unspecified atom stereocenters. The number of hydrogen-bond acceptors (Lipinski definition) is 4. The highest BCUT2D eigenvalue weighted by atomic mass is 35.5. The third-order valence-electron chi connectivity index (χ3n) is 3.94. The molecule has 0 N–H and O–H groups in total. The van der Waals surface area contributed by atoms with Crippen molar-refractivity contribution in [2.75, 3.05) is 0 Å². The van der Waals surface area contributed by atoms with Gasteiger partial charge in [-0.15, -0.1) is 10.2 Å². The number of nitrogens with zero attached hydrogens (tertiary/aromatic N) is 3. The highest BCUT2D eigenvalue weighted by Gasteiger charge is 2.15. The number of furan rings is 1. The summed E-state index contributed by atoms with van der Waals surface area (Å²) < 4.78 is 7.69. The average molecular weight is 420 g/mol. The first-order chi connectivity index (χ1) is 13.1. The van der Waals surface area contributed by atoms with Crippen molar-refractivity contribution in [1.29, 1.82) is 0 Å². The summed E-state index contributed by atoms with van der Waals surface area (Å²) in [6.07, 6.45) is 3.11. The molecule has 0 radical (unpaired) electrons. The van der Waals surface area contributed by atoms with E-state index in [1.807, 2.05) is 41.9 Å². The van der Waals surface area contributed by atoms with Gasteiger partial charge in [0, 0.05) is 29.3 Å². The minimum absolute atomic E-state index is 0.608. The van der Waals surface area contributed by atoms with Crippen LogP contribution in [0, 0.1) is 11.8 Å². The number of benzene rings is 1. The number of halogens is 2. The molecule has 0 saturated heterocycles. The van der Waals surface area contributed by atoms with E-state index in [9.17, 15) is 0 Å². The lowest BCUT2D eigenvalue weighted by molar-refractivity contribution is 0.560. The largest absolute Gasteiger partial charge is 0.444 e. The van der Waals surface area contributed by atoms with E-state index in [-0.39, 0.29) is 0 Å². The molecule has 0 aliphatic heterocycles. The van der Waals surface area contributed by atoms with Crippen LogP contribution in [0.1, 0.15) is 37.5 Å². The van der Waals surface area contributed by atoms with Crippen molar-refractivity contribution in [3.63, 3.8) is 0 Å². The summed E-state index contributed by atoms with van der Waals surface area (Å²) in [5.74, 6) is 8.72. The van der Waals surface area contributed by atoms with Gasteiger partial charge in [-0.1, -0.05) is 60.3 Å². The summed E-state index contributed by atoms with van der Waals surface area (Å²) in [4.78, 5) is 0. The Bertz CT molecular complexity index is 965. The highest BCUT2D eigenvalue weighted by Crippen LogP contribution is 2.32. The van der Waals surface area contributed by atoms with Crippen LogP contribution < -0.4 is 0 Å². The summed E-state index contributed by atoms with van der Waals surface area (Å²) >= 11 is 14.0. The van der Waals surface area contributed by atoms with Gasteiger partial charge in [0.15, 0.2) is 22.5 Å². The Morgan fingerprint density at radius 2 is 1.93 bits per heavy atom. The van der Waals surface area contributed by atoms with Crippen LogP contribution in [0.15, 0.2) is 39.9 Å². The second-order valence-electron chi connectivity index (χ2n) is 5.92. The Balaban J connectivity index is 1.72. The zero-order valence-electron chi connectivity index (χ0n) is 15.1. The van der Waals surface area contributed by atoms with Crippen molar-refractivity contribution in [1.82, 2.24) is 14.8 Å². The van der Waals surface area contributed by atoms with Crippen molar-refractivity contribution in [3.05, 3.63) is 51.7 Å². The third kappa shape index (κ3) is 4.90. The molecule has 0 atom stereocenters. The Hall–Kier alpha value is -1.87. The number of rotatable bonds is 6. The second-order valence-corrected chi connectivity index (χ2v) is 7.68. The molecule has 2 heterocycles. The van der Waals surface area contributed by atoms with Crippen molar-refractivity contribution in [2.24, 2.45) is 7.05 Å². The van der Waals surface area contributed by atoms with E-state index in [0.717, 1.165) is 30.0 Å². The predicted molar refractivity (Wildman–Crippen MR) is 111 cm³/mol. The maximum Gasteiger partial charge on any atom is 0.200 e. The van der Waals surface area contributed by atoms with Crippen molar-refractivity contribution >= 4 is 35.0 Å². The smallest absolute Gasteiger partial charge is 0.200 e. The number of thioether (sulfide) groups is 1. The van der Waals surface area contributed by atoms with Gasteiger partial charge in [-0.2, -0.15) is 0 Å². The standard InChI is InChI=1S/C20H19Cl2N3OS/c1-3-4-5-6-8-14-11-12-18(26-14)19-23-24-20(25(19)2)27-13-15-16(21)9-7-10-17(15)22/h7,9-12H,3-5,13H2,1-2H3. The van der Waals surface area contributed by atoms with Gasteiger partial charge >= 0.3 is 0 Å². The second kappa shape index (κ2) is 9.36. The molecular formula is C20H19Cl2N3OS. The first-order valence-corrected chi connectivity index (χ1v) is 10.4. The molecule has 0 spiro atoms. The Kier molecular flexibility index (Phi) is 6.89. The first-order valence-electron chi connectivity index (χ1n) is 8.64. The summed E-state index contributed by atoms with van der Waals surface area (Å²) in [7, 11) is 1.90. The topological polar surface area (TPSA) is 43.9 Å². The summed E-state index contributed by atoms with van der Waals surface area (Å²) in [5, 5.41) is 10.6. The van der Waals surface area contributed by atoms with Gasteiger partial charge < -0.3 is 8.98 Å². The van der Waals surface area contributed by atoms with E-state index in [2.05, 4.69) is 29.0 Å². The molecule has 27 heavy (non-hydrogen) atoms. The molecule has 0 amide bonds. The molecule has 0 aliphatic rings. The highest BCUT2D eigenvalue weighted by molar-refractivity contribution is 7.98. The van der Waals surface area contributed by atoms with Crippen LogP contribution in [0.25, 0.3) is 11.6 Å². The van der Waals surface area contributed by atoms with E-state index in [1.165, 1.54) is 11.8 Å². The lowest BCUT2D eigenvalue weighted by atomic mass is 10.2. The fourth-order valence-electron chi connectivity index (χ4n) is 2.40. The van der Waals surface area contributed by atoms with Gasteiger partial charge in [-0.3, -0.25) is 0 Å². The van der Waals surface area contributed by atoms with Crippen LogP contribution in [-0.2, 0) is 12.8 Å². The van der Waals surface area contributed by atoms with E-state index in [1.54, 1.807) is 0 Å². The van der Waals surface area contributed by atoms with E-state index < -0.39 is 0 Å². The SMILES string of the molecule is CCCCC#Cc1ccc(-c2nnc(SCc3c(Cl)cccc3Cl)n2C)o1. The predicted octanol–water partition coefficient (Wildman–Crippen LogP) is 6.22. The van der Waals surface area contributed by atoms with E-state index in [4.69, 9.17) is 27.6 Å². The fraction of sp³-hybridized carbons (Fsp3) is 0.300. The number of aromatic nitrogens is 3. The summed E-state index contributed by atoms with van der Waals surface area (Å²) in [6, 6.07) is 9.22.